The number of urea groups is 1. The molecule has 0 spiro atoms. The molecule has 0 aromatic carbocycles. The summed E-state index contributed by atoms with van der Waals surface area (Å²) in [5.74, 6) is -0.368. The van der Waals surface area contributed by atoms with Crippen molar-refractivity contribution < 1.29 is 14.3 Å². The fraction of sp³-hybridized carbons (Fsp3) is 0.818. The van der Waals surface area contributed by atoms with E-state index in [1.54, 1.807) is 0 Å². The van der Waals surface area contributed by atoms with Gasteiger partial charge in [0.2, 0.25) is 0 Å². The Morgan fingerprint density at radius 1 is 1.25 bits per heavy atom. The van der Waals surface area contributed by atoms with Gasteiger partial charge in [-0.3, -0.25) is 4.79 Å². The summed E-state index contributed by atoms with van der Waals surface area (Å²) in [5, 5.41) is 0. The second kappa shape index (κ2) is 6.35. The van der Waals surface area contributed by atoms with Gasteiger partial charge >= 0.3 is 12.0 Å². The van der Waals surface area contributed by atoms with Crippen LogP contribution in [0.1, 0.15) is 26.2 Å². The van der Waals surface area contributed by atoms with E-state index in [1.807, 2.05) is 11.8 Å². The van der Waals surface area contributed by atoms with Crippen molar-refractivity contribution in [3.05, 3.63) is 0 Å². The lowest BCUT2D eigenvalue weighted by atomic mass is 10.1. The first-order valence-corrected chi connectivity index (χ1v) is 5.79. The van der Waals surface area contributed by atoms with Gasteiger partial charge in [0.25, 0.3) is 0 Å². The molecule has 0 N–H and O–H groups in total. The lowest BCUT2D eigenvalue weighted by Gasteiger charge is -2.31. The van der Waals surface area contributed by atoms with Crippen molar-refractivity contribution in [2.75, 3.05) is 33.3 Å². The molecule has 0 atom stereocenters. The molecule has 0 radical (unpaired) electrons. The summed E-state index contributed by atoms with van der Waals surface area (Å²) in [6.45, 7) is 4.05. The van der Waals surface area contributed by atoms with Crippen LogP contribution >= 0.6 is 0 Å². The van der Waals surface area contributed by atoms with E-state index in [0.717, 1.165) is 25.9 Å². The van der Waals surface area contributed by atoms with E-state index in [1.165, 1.54) is 18.4 Å². The molecule has 0 saturated carbocycles. The number of rotatable bonds is 3. The highest BCUT2D eigenvalue weighted by molar-refractivity contribution is 5.81. The van der Waals surface area contributed by atoms with Crippen LogP contribution in [0, 0.1) is 0 Å². The Morgan fingerprint density at radius 3 is 2.38 bits per heavy atom. The molecular weight excluding hydrogens is 208 g/mol. The van der Waals surface area contributed by atoms with Crippen LogP contribution in [0.25, 0.3) is 0 Å². The van der Waals surface area contributed by atoms with Crippen LogP contribution in [0.5, 0.6) is 0 Å². The Kier molecular flexibility index (Phi) is 5.08. The highest BCUT2D eigenvalue weighted by Crippen LogP contribution is 2.11. The molecule has 1 saturated heterocycles. The molecule has 2 amide bonds. The van der Waals surface area contributed by atoms with Gasteiger partial charge in [-0.1, -0.05) is 0 Å². The molecule has 0 aromatic heterocycles. The first kappa shape index (κ1) is 12.8. The van der Waals surface area contributed by atoms with Gasteiger partial charge in [0.05, 0.1) is 7.11 Å². The first-order chi connectivity index (χ1) is 7.69. The monoisotopic (exact) mass is 228 g/mol. The fourth-order valence-corrected chi connectivity index (χ4v) is 1.82. The van der Waals surface area contributed by atoms with Gasteiger partial charge in [-0.15, -0.1) is 0 Å². The van der Waals surface area contributed by atoms with Crippen LogP contribution in [0.15, 0.2) is 0 Å². The second-order valence-corrected chi connectivity index (χ2v) is 3.92. The van der Waals surface area contributed by atoms with Crippen molar-refractivity contribution in [1.29, 1.82) is 0 Å². The zero-order chi connectivity index (χ0) is 12.0. The average Bonchev–Trinajstić information content (AvgIpc) is 2.35. The van der Waals surface area contributed by atoms with Gasteiger partial charge in [0.15, 0.2) is 0 Å². The highest BCUT2D eigenvalue weighted by Gasteiger charge is 2.23. The van der Waals surface area contributed by atoms with E-state index in [2.05, 4.69) is 4.74 Å². The molecule has 5 nitrogen and oxygen atoms in total. The Morgan fingerprint density at radius 2 is 1.88 bits per heavy atom. The quantitative estimate of drug-likeness (QED) is 0.679. The summed E-state index contributed by atoms with van der Waals surface area (Å²) in [5.41, 5.74) is 0. The predicted molar refractivity (Wildman–Crippen MR) is 60.1 cm³/mol. The Bertz CT molecular complexity index is 250. The van der Waals surface area contributed by atoms with Crippen LogP contribution in [0.3, 0.4) is 0 Å². The van der Waals surface area contributed by atoms with Crippen molar-refractivity contribution in [3.8, 4) is 0 Å². The highest BCUT2D eigenvalue weighted by atomic mass is 16.5. The molecule has 1 aliphatic heterocycles. The number of likely N-dealkylation sites (N-methyl/N-ethyl adjacent to an activating group) is 1. The Labute approximate surface area is 96.3 Å². The number of hydrogen-bond donors (Lipinski definition) is 0. The summed E-state index contributed by atoms with van der Waals surface area (Å²) in [4.78, 5) is 26.5. The van der Waals surface area contributed by atoms with Crippen molar-refractivity contribution in [3.63, 3.8) is 0 Å². The number of carbonyl (C=O) groups excluding carboxylic acids is 2. The van der Waals surface area contributed by atoms with E-state index in [9.17, 15) is 9.59 Å². The van der Waals surface area contributed by atoms with Gasteiger partial charge in [-0.2, -0.15) is 0 Å². The van der Waals surface area contributed by atoms with E-state index in [-0.39, 0.29) is 18.5 Å². The first-order valence-electron chi connectivity index (χ1n) is 5.79. The number of carbonyl (C=O) groups is 2. The Balaban J connectivity index is 2.50. The van der Waals surface area contributed by atoms with Gasteiger partial charge in [-0.25, -0.2) is 4.79 Å². The van der Waals surface area contributed by atoms with Gasteiger partial charge < -0.3 is 14.5 Å². The SMILES string of the molecule is CCN(CC(=O)OC)C(=O)N1CCCCC1. The number of hydrogen-bond acceptors (Lipinski definition) is 3. The third kappa shape index (κ3) is 3.40. The van der Waals surface area contributed by atoms with Crippen LogP contribution in [0.4, 0.5) is 4.79 Å². The van der Waals surface area contributed by atoms with E-state index in [4.69, 9.17) is 0 Å². The standard InChI is InChI=1S/C11H20N2O3/c1-3-12(9-10(14)16-2)11(15)13-7-5-4-6-8-13/h3-9H2,1-2H3. The summed E-state index contributed by atoms with van der Waals surface area (Å²) in [7, 11) is 1.33. The minimum absolute atomic E-state index is 0.0440. The number of nitrogens with zero attached hydrogens (tertiary/aromatic N) is 2. The van der Waals surface area contributed by atoms with E-state index >= 15 is 0 Å². The van der Waals surface area contributed by atoms with E-state index < -0.39 is 0 Å². The van der Waals surface area contributed by atoms with Crippen molar-refractivity contribution in [1.82, 2.24) is 9.80 Å². The minimum atomic E-state index is -0.368. The molecule has 0 bridgehead atoms. The molecule has 0 aliphatic carbocycles. The molecule has 5 heteroatoms. The molecule has 0 unspecified atom stereocenters. The van der Waals surface area contributed by atoms with Gasteiger partial charge in [-0.05, 0) is 26.2 Å². The van der Waals surface area contributed by atoms with Gasteiger partial charge in [0.1, 0.15) is 6.54 Å². The maximum absolute atomic E-state index is 12.0. The van der Waals surface area contributed by atoms with Crippen LogP contribution in [-0.2, 0) is 9.53 Å². The van der Waals surface area contributed by atoms with Crippen LogP contribution in [-0.4, -0.2) is 55.1 Å². The molecule has 1 rings (SSSR count). The van der Waals surface area contributed by atoms with Crippen LogP contribution in [0.2, 0.25) is 0 Å². The van der Waals surface area contributed by atoms with Crippen molar-refractivity contribution >= 4 is 12.0 Å². The summed E-state index contributed by atoms with van der Waals surface area (Å²) >= 11 is 0. The predicted octanol–water partition coefficient (Wildman–Crippen LogP) is 1.09. The third-order valence-corrected chi connectivity index (χ3v) is 2.83. The normalized spacial score (nSPS) is 15.8. The summed E-state index contributed by atoms with van der Waals surface area (Å²) < 4.78 is 4.57. The maximum Gasteiger partial charge on any atom is 0.325 e. The fourth-order valence-electron chi connectivity index (χ4n) is 1.82. The summed E-state index contributed by atoms with van der Waals surface area (Å²) in [6, 6.07) is -0.0485. The van der Waals surface area contributed by atoms with Crippen molar-refractivity contribution in [2.24, 2.45) is 0 Å². The van der Waals surface area contributed by atoms with Crippen LogP contribution < -0.4 is 0 Å². The molecule has 1 aliphatic rings. The molecule has 1 heterocycles. The number of amides is 2. The topological polar surface area (TPSA) is 49.9 Å². The third-order valence-electron chi connectivity index (χ3n) is 2.83. The molecular formula is C11H20N2O3. The lowest BCUT2D eigenvalue weighted by Crippen LogP contribution is -2.47. The zero-order valence-corrected chi connectivity index (χ0v) is 10.1. The molecule has 1 fully saturated rings. The van der Waals surface area contributed by atoms with E-state index in [0.29, 0.717) is 6.54 Å². The minimum Gasteiger partial charge on any atom is -0.468 e. The Hall–Kier alpha value is -1.26. The number of ether oxygens (including phenoxy) is 1. The average molecular weight is 228 g/mol. The summed E-state index contributed by atoms with van der Waals surface area (Å²) in [6.07, 6.45) is 3.30. The number of likely N-dealkylation sites (tertiary alicyclic amines) is 1. The van der Waals surface area contributed by atoms with Gasteiger partial charge in [0, 0.05) is 19.6 Å². The number of piperidine rings is 1. The lowest BCUT2D eigenvalue weighted by molar-refractivity contribution is -0.141. The van der Waals surface area contributed by atoms with Crippen molar-refractivity contribution in [2.45, 2.75) is 26.2 Å². The zero-order valence-electron chi connectivity index (χ0n) is 10.1. The maximum atomic E-state index is 12.0. The largest absolute Gasteiger partial charge is 0.468 e. The molecule has 0 aromatic rings. The molecule has 16 heavy (non-hydrogen) atoms. The number of esters is 1. The molecule has 92 valence electrons. The second-order valence-electron chi connectivity index (χ2n) is 3.92. The smallest absolute Gasteiger partial charge is 0.325 e. The number of methoxy groups -OCH3 is 1.